The van der Waals surface area contributed by atoms with Crippen LogP contribution in [0, 0.1) is 0 Å². The van der Waals surface area contributed by atoms with Crippen LogP contribution in [-0.4, -0.2) is 37.3 Å². The fraction of sp³-hybridized carbons (Fsp3) is 0.217. The van der Waals surface area contributed by atoms with Crippen molar-refractivity contribution in [3.63, 3.8) is 0 Å². The van der Waals surface area contributed by atoms with Crippen molar-refractivity contribution >= 4 is 27.4 Å². The third-order valence-electron chi connectivity index (χ3n) is 4.21. The Morgan fingerprint density at radius 3 is 2.48 bits per heavy atom. The summed E-state index contributed by atoms with van der Waals surface area (Å²) in [5, 5.41) is 14.7. The third-order valence-corrected chi connectivity index (χ3v) is 5.59. The van der Waals surface area contributed by atoms with Crippen LogP contribution in [0.25, 0.3) is 0 Å². The van der Waals surface area contributed by atoms with Gasteiger partial charge in [-0.25, -0.2) is 13.2 Å². The second-order valence-corrected chi connectivity index (χ2v) is 8.64. The molecule has 0 spiro atoms. The average molecular weight is 473 g/mol. The summed E-state index contributed by atoms with van der Waals surface area (Å²) < 4.78 is 33.5. The lowest BCUT2D eigenvalue weighted by Crippen LogP contribution is -2.28. The lowest BCUT2D eigenvalue weighted by molar-refractivity contribution is 0.123. The number of aromatic nitrogens is 1. The Morgan fingerprint density at radius 1 is 1.09 bits per heavy atom. The monoisotopic (exact) mass is 472 g/mol. The van der Waals surface area contributed by atoms with Gasteiger partial charge in [0.25, 0.3) is 10.0 Å². The number of aliphatic hydroxyl groups is 1. The van der Waals surface area contributed by atoms with E-state index in [0.717, 1.165) is 5.56 Å². The molecule has 10 heteroatoms. The number of hydrogen-bond acceptors (Lipinski definition) is 6. The Labute approximate surface area is 193 Å². The molecule has 33 heavy (non-hydrogen) atoms. The number of nitrogens with zero attached hydrogens (tertiary/aromatic N) is 1. The van der Waals surface area contributed by atoms with E-state index in [1.165, 1.54) is 24.3 Å². The van der Waals surface area contributed by atoms with Gasteiger partial charge in [0.2, 0.25) is 0 Å². The number of carbonyl (C=O) groups is 1. The molecule has 2 amide bonds. The Balaban J connectivity index is 0.00000385. The van der Waals surface area contributed by atoms with Gasteiger partial charge in [-0.15, -0.1) is 0 Å². The molecule has 1 atom stereocenters. The van der Waals surface area contributed by atoms with Crippen LogP contribution in [0.5, 0.6) is 5.75 Å². The van der Waals surface area contributed by atoms with Gasteiger partial charge in [0.1, 0.15) is 12.4 Å². The van der Waals surface area contributed by atoms with Crippen molar-refractivity contribution < 1.29 is 23.1 Å². The number of sulfonamides is 1. The first-order chi connectivity index (χ1) is 15.3. The molecular formula is C23H28N4O5S. The zero-order chi connectivity index (χ0) is 23.0. The maximum atomic E-state index is 12.8. The van der Waals surface area contributed by atoms with Crippen molar-refractivity contribution in [2.75, 3.05) is 16.6 Å². The molecule has 0 aliphatic rings. The minimum Gasteiger partial charge on any atom is -0.489 e. The Bertz CT molecular complexity index is 1140. The molecule has 3 aromatic rings. The van der Waals surface area contributed by atoms with Gasteiger partial charge in [0.05, 0.1) is 16.7 Å². The summed E-state index contributed by atoms with van der Waals surface area (Å²) >= 11 is 0. The van der Waals surface area contributed by atoms with Gasteiger partial charge in [0.15, 0.2) is 0 Å². The number of para-hydroxylation sites is 2. The fourth-order valence-electron chi connectivity index (χ4n) is 2.67. The summed E-state index contributed by atoms with van der Waals surface area (Å²) in [6, 6.07) is 15.5. The summed E-state index contributed by atoms with van der Waals surface area (Å²) in [6.45, 7) is 1.91. The number of hydrogen-bond donors (Lipinski definition) is 4. The highest BCUT2D eigenvalue weighted by Crippen LogP contribution is 2.27. The smallest absolute Gasteiger partial charge is 0.319 e. The maximum Gasteiger partial charge on any atom is 0.319 e. The summed E-state index contributed by atoms with van der Waals surface area (Å²) in [5.74, 6) is 0.306. The van der Waals surface area contributed by atoms with E-state index in [9.17, 15) is 18.3 Å². The Morgan fingerprint density at radius 2 is 1.82 bits per heavy atom. The molecule has 9 nitrogen and oxygen atoms in total. The number of amides is 2. The van der Waals surface area contributed by atoms with Crippen LogP contribution in [-0.2, 0) is 16.6 Å². The fourth-order valence-corrected chi connectivity index (χ4v) is 3.74. The first-order valence-electron chi connectivity index (χ1n) is 9.80. The average Bonchev–Trinajstić information content (AvgIpc) is 2.78. The predicted octanol–water partition coefficient (Wildman–Crippen LogP) is 3.60. The molecule has 3 rings (SSSR count). The van der Waals surface area contributed by atoms with Gasteiger partial charge < -0.3 is 20.5 Å². The normalized spacial score (nSPS) is 11.6. The van der Waals surface area contributed by atoms with E-state index in [1.807, 2.05) is 6.07 Å². The van der Waals surface area contributed by atoms with E-state index in [4.69, 9.17) is 4.74 Å². The molecule has 1 heterocycles. The van der Waals surface area contributed by atoms with E-state index in [-0.39, 0.29) is 24.6 Å². The predicted molar refractivity (Wildman–Crippen MR) is 128 cm³/mol. The van der Waals surface area contributed by atoms with E-state index >= 15 is 0 Å². The molecule has 0 fully saturated rings. The minimum atomic E-state index is -3.89. The molecule has 2 aromatic carbocycles. The molecular weight excluding hydrogens is 444 g/mol. The molecule has 0 unspecified atom stereocenters. The number of rotatable bonds is 9. The van der Waals surface area contributed by atoms with Crippen molar-refractivity contribution in [2.24, 2.45) is 0 Å². The zero-order valence-corrected chi connectivity index (χ0v) is 18.2. The van der Waals surface area contributed by atoms with E-state index in [0.29, 0.717) is 18.0 Å². The molecule has 176 valence electrons. The highest BCUT2D eigenvalue weighted by Gasteiger charge is 2.17. The summed E-state index contributed by atoms with van der Waals surface area (Å²) in [6.07, 6.45) is 2.61. The number of carbonyl (C=O) groups excluding carboxylic acids is 1. The van der Waals surface area contributed by atoms with E-state index in [1.54, 1.807) is 49.6 Å². The van der Waals surface area contributed by atoms with Crippen molar-refractivity contribution in [1.82, 2.24) is 10.3 Å². The lowest BCUT2D eigenvalue weighted by Gasteiger charge is -2.14. The first-order valence-corrected chi connectivity index (χ1v) is 11.3. The highest BCUT2D eigenvalue weighted by molar-refractivity contribution is 7.92. The van der Waals surface area contributed by atoms with E-state index < -0.39 is 22.2 Å². The number of aliphatic hydroxyl groups excluding tert-OH is 1. The number of nitrogens with one attached hydrogen (secondary N) is 3. The number of urea groups is 1. The van der Waals surface area contributed by atoms with Crippen LogP contribution < -0.4 is 20.1 Å². The molecule has 1 aromatic heterocycles. The first kappa shape index (κ1) is 25.6. The third kappa shape index (κ3) is 7.78. The topological polar surface area (TPSA) is 130 Å². The van der Waals surface area contributed by atoms with Crippen LogP contribution >= 0.6 is 0 Å². The van der Waals surface area contributed by atoms with Gasteiger partial charge >= 0.3 is 6.03 Å². The Hall–Kier alpha value is -3.63. The van der Waals surface area contributed by atoms with Crippen LogP contribution in [0.15, 0.2) is 78.0 Å². The maximum absolute atomic E-state index is 12.8. The zero-order valence-electron chi connectivity index (χ0n) is 17.4. The molecule has 0 saturated carbocycles. The molecule has 0 aliphatic heterocycles. The quantitative estimate of drug-likeness (QED) is 0.377. The molecule has 0 saturated heterocycles. The van der Waals surface area contributed by atoms with Crippen LogP contribution in [0.1, 0.15) is 19.9 Å². The van der Waals surface area contributed by atoms with Crippen LogP contribution in [0.2, 0.25) is 0 Å². The van der Waals surface area contributed by atoms with Gasteiger partial charge in [0, 0.05) is 24.6 Å². The van der Waals surface area contributed by atoms with Crippen molar-refractivity contribution in [1.29, 1.82) is 0 Å². The molecule has 0 aliphatic carbocycles. The largest absolute Gasteiger partial charge is 0.489 e. The second-order valence-electron chi connectivity index (χ2n) is 6.96. The van der Waals surface area contributed by atoms with Gasteiger partial charge in [-0.05, 0) is 55.0 Å². The van der Waals surface area contributed by atoms with Gasteiger partial charge in [-0.1, -0.05) is 25.6 Å². The summed E-state index contributed by atoms with van der Waals surface area (Å²) in [7, 11) is -3.89. The van der Waals surface area contributed by atoms with Gasteiger partial charge in [-0.2, -0.15) is 0 Å². The molecule has 0 radical (unpaired) electrons. The molecule has 0 bridgehead atoms. The lowest BCUT2D eigenvalue weighted by atomic mass is 10.3. The highest BCUT2D eigenvalue weighted by atomic mass is 32.2. The number of benzene rings is 2. The van der Waals surface area contributed by atoms with E-state index in [2.05, 4.69) is 20.3 Å². The Kier molecular flexibility index (Phi) is 9.19. The molecule has 4 N–H and O–H groups in total. The SMILES string of the molecule is C.C[C@H](O)COc1ccccc1NS(=O)(=O)c1ccc(NC(=O)NCc2cccnc2)cc1. The number of ether oxygens (including phenoxy) is 1. The summed E-state index contributed by atoms with van der Waals surface area (Å²) in [4.78, 5) is 16.0. The van der Waals surface area contributed by atoms with Crippen LogP contribution in [0.3, 0.4) is 0 Å². The second kappa shape index (κ2) is 11.8. The minimum absolute atomic E-state index is 0. The van der Waals surface area contributed by atoms with Crippen molar-refractivity contribution in [3.8, 4) is 5.75 Å². The summed E-state index contributed by atoms with van der Waals surface area (Å²) in [5.41, 5.74) is 1.55. The number of anilines is 2. The number of pyridine rings is 1. The van der Waals surface area contributed by atoms with Crippen molar-refractivity contribution in [3.05, 3.63) is 78.6 Å². The van der Waals surface area contributed by atoms with Crippen LogP contribution in [0.4, 0.5) is 16.2 Å². The van der Waals surface area contributed by atoms with Crippen molar-refractivity contribution in [2.45, 2.75) is 31.9 Å². The van der Waals surface area contributed by atoms with Gasteiger partial charge in [-0.3, -0.25) is 9.71 Å². The standard InChI is InChI=1S/C22H24N4O5S.CH4/c1-16(27)15-31-21-7-3-2-6-20(21)26-32(29,30)19-10-8-18(9-11-19)25-22(28)24-14-17-5-4-12-23-13-17;/h2-13,16,26-27H,14-15H2,1H3,(H2,24,25,28);1H4/t16-;/m0./s1.